The molecule has 0 aromatic heterocycles. The maximum absolute atomic E-state index is 9.82. The standard InChI is InChI=1S/C14H20O2/c1-4-13(14(2,3)15)11-16-10-12-8-6-5-7-9-12/h4-9,13,15H,1,10-11H2,2-3H3/t13-/m1/s1. The lowest BCUT2D eigenvalue weighted by atomic mass is 9.92. The predicted molar refractivity (Wildman–Crippen MR) is 66.1 cm³/mol. The van der Waals surface area contributed by atoms with Gasteiger partial charge in [0, 0.05) is 5.92 Å². The molecule has 16 heavy (non-hydrogen) atoms. The van der Waals surface area contributed by atoms with Crippen LogP contribution in [0.1, 0.15) is 19.4 Å². The summed E-state index contributed by atoms with van der Waals surface area (Å²) >= 11 is 0. The highest BCUT2D eigenvalue weighted by molar-refractivity contribution is 5.13. The number of aliphatic hydroxyl groups is 1. The molecule has 0 aliphatic heterocycles. The van der Waals surface area contributed by atoms with Gasteiger partial charge in [0.25, 0.3) is 0 Å². The number of hydrogen-bond acceptors (Lipinski definition) is 2. The highest BCUT2D eigenvalue weighted by Gasteiger charge is 2.23. The minimum atomic E-state index is -0.779. The molecular formula is C14H20O2. The van der Waals surface area contributed by atoms with Gasteiger partial charge in [-0.05, 0) is 19.4 Å². The Labute approximate surface area is 97.6 Å². The summed E-state index contributed by atoms with van der Waals surface area (Å²) < 4.78 is 5.57. The molecule has 1 aromatic rings. The normalized spacial score (nSPS) is 13.4. The van der Waals surface area contributed by atoms with Gasteiger partial charge in [0.1, 0.15) is 0 Å². The van der Waals surface area contributed by atoms with Gasteiger partial charge in [-0.25, -0.2) is 0 Å². The topological polar surface area (TPSA) is 29.5 Å². The third kappa shape index (κ3) is 4.17. The van der Waals surface area contributed by atoms with Crippen LogP contribution in [0.15, 0.2) is 43.0 Å². The fourth-order valence-corrected chi connectivity index (χ4v) is 1.44. The summed E-state index contributed by atoms with van der Waals surface area (Å²) in [6, 6.07) is 9.99. The van der Waals surface area contributed by atoms with Crippen LogP contribution in [0, 0.1) is 5.92 Å². The molecule has 1 aromatic carbocycles. The Morgan fingerprint density at radius 1 is 1.38 bits per heavy atom. The predicted octanol–water partition coefficient (Wildman–Crippen LogP) is 2.78. The second-order valence-corrected chi connectivity index (χ2v) is 4.50. The maximum atomic E-state index is 9.82. The highest BCUT2D eigenvalue weighted by Crippen LogP contribution is 2.18. The summed E-state index contributed by atoms with van der Waals surface area (Å²) in [7, 11) is 0. The Morgan fingerprint density at radius 2 is 2.00 bits per heavy atom. The molecule has 88 valence electrons. The molecule has 2 nitrogen and oxygen atoms in total. The molecule has 0 fully saturated rings. The largest absolute Gasteiger partial charge is 0.390 e. The van der Waals surface area contributed by atoms with Gasteiger partial charge >= 0.3 is 0 Å². The molecule has 0 spiro atoms. The number of benzene rings is 1. The van der Waals surface area contributed by atoms with Gasteiger partial charge < -0.3 is 9.84 Å². The summed E-state index contributed by atoms with van der Waals surface area (Å²) in [4.78, 5) is 0. The van der Waals surface area contributed by atoms with Crippen LogP contribution in [0.2, 0.25) is 0 Å². The fraction of sp³-hybridized carbons (Fsp3) is 0.429. The van der Waals surface area contributed by atoms with Crippen LogP contribution in [0.4, 0.5) is 0 Å². The van der Waals surface area contributed by atoms with E-state index in [0.717, 1.165) is 5.56 Å². The van der Waals surface area contributed by atoms with E-state index in [1.165, 1.54) is 0 Å². The molecule has 0 aliphatic rings. The number of rotatable bonds is 6. The SMILES string of the molecule is C=C[C@H](COCc1ccccc1)C(C)(C)O. The van der Waals surface area contributed by atoms with Crippen LogP contribution in [-0.4, -0.2) is 17.3 Å². The maximum Gasteiger partial charge on any atom is 0.0717 e. The zero-order valence-corrected chi connectivity index (χ0v) is 10.0. The average Bonchev–Trinajstić information content (AvgIpc) is 2.24. The molecule has 0 saturated carbocycles. The van der Waals surface area contributed by atoms with Crippen molar-refractivity contribution >= 4 is 0 Å². The Hall–Kier alpha value is -1.12. The van der Waals surface area contributed by atoms with E-state index in [0.29, 0.717) is 13.2 Å². The van der Waals surface area contributed by atoms with Crippen LogP contribution in [0.5, 0.6) is 0 Å². The van der Waals surface area contributed by atoms with Crippen molar-refractivity contribution in [1.29, 1.82) is 0 Å². The monoisotopic (exact) mass is 220 g/mol. The summed E-state index contributed by atoms with van der Waals surface area (Å²) in [6.07, 6.45) is 1.74. The van der Waals surface area contributed by atoms with E-state index in [2.05, 4.69) is 6.58 Å². The van der Waals surface area contributed by atoms with Crippen molar-refractivity contribution in [2.45, 2.75) is 26.1 Å². The van der Waals surface area contributed by atoms with Crippen molar-refractivity contribution in [3.8, 4) is 0 Å². The number of ether oxygens (including phenoxy) is 1. The molecular weight excluding hydrogens is 200 g/mol. The third-order valence-electron chi connectivity index (χ3n) is 2.60. The first-order valence-electron chi connectivity index (χ1n) is 5.50. The molecule has 0 heterocycles. The van der Waals surface area contributed by atoms with Crippen molar-refractivity contribution in [2.75, 3.05) is 6.61 Å². The molecule has 0 bridgehead atoms. The van der Waals surface area contributed by atoms with Gasteiger partial charge in [0.15, 0.2) is 0 Å². The lowest BCUT2D eigenvalue weighted by Gasteiger charge is -2.26. The molecule has 1 rings (SSSR count). The second kappa shape index (κ2) is 5.83. The van der Waals surface area contributed by atoms with Crippen molar-refractivity contribution in [3.63, 3.8) is 0 Å². The second-order valence-electron chi connectivity index (χ2n) is 4.50. The van der Waals surface area contributed by atoms with Gasteiger partial charge in [0.2, 0.25) is 0 Å². The van der Waals surface area contributed by atoms with E-state index in [9.17, 15) is 5.11 Å². The van der Waals surface area contributed by atoms with Crippen molar-refractivity contribution in [2.24, 2.45) is 5.92 Å². The van der Waals surface area contributed by atoms with E-state index in [4.69, 9.17) is 4.74 Å². The van der Waals surface area contributed by atoms with Crippen LogP contribution in [0.3, 0.4) is 0 Å². The quantitative estimate of drug-likeness (QED) is 0.747. The Bertz CT molecular complexity index is 311. The minimum absolute atomic E-state index is 0.0452. The van der Waals surface area contributed by atoms with Crippen LogP contribution >= 0.6 is 0 Å². The lowest BCUT2D eigenvalue weighted by molar-refractivity contribution is -0.0127. The van der Waals surface area contributed by atoms with Gasteiger partial charge in [-0.2, -0.15) is 0 Å². The molecule has 0 unspecified atom stereocenters. The van der Waals surface area contributed by atoms with Crippen LogP contribution in [0.25, 0.3) is 0 Å². The summed E-state index contributed by atoms with van der Waals surface area (Å²) in [5, 5.41) is 9.82. The third-order valence-corrected chi connectivity index (χ3v) is 2.60. The number of hydrogen-bond donors (Lipinski definition) is 1. The smallest absolute Gasteiger partial charge is 0.0717 e. The zero-order chi connectivity index (χ0) is 12.0. The fourth-order valence-electron chi connectivity index (χ4n) is 1.44. The van der Waals surface area contributed by atoms with E-state index in [1.54, 1.807) is 19.9 Å². The van der Waals surface area contributed by atoms with Crippen molar-refractivity contribution in [1.82, 2.24) is 0 Å². The first kappa shape index (κ1) is 12.9. The van der Waals surface area contributed by atoms with E-state index < -0.39 is 5.60 Å². The van der Waals surface area contributed by atoms with Gasteiger partial charge in [-0.3, -0.25) is 0 Å². The van der Waals surface area contributed by atoms with E-state index in [1.807, 2.05) is 30.3 Å². The zero-order valence-electron chi connectivity index (χ0n) is 10.0. The first-order chi connectivity index (χ1) is 7.54. The van der Waals surface area contributed by atoms with Gasteiger partial charge in [-0.1, -0.05) is 36.4 Å². The molecule has 2 heteroatoms. The molecule has 1 atom stereocenters. The summed E-state index contributed by atoms with van der Waals surface area (Å²) in [5.74, 6) is -0.0452. The Morgan fingerprint density at radius 3 is 2.50 bits per heavy atom. The molecule has 0 aliphatic carbocycles. The average molecular weight is 220 g/mol. The Balaban J connectivity index is 2.38. The molecule has 1 N–H and O–H groups in total. The van der Waals surface area contributed by atoms with Gasteiger partial charge in [0.05, 0.1) is 18.8 Å². The van der Waals surface area contributed by atoms with Crippen LogP contribution < -0.4 is 0 Å². The first-order valence-corrected chi connectivity index (χ1v) is 5.50. The lowest BCUT2D eigenvalue weighted by Crippen LogP contribution is -2.32. The summed E-state index contributed by atoms with van der Waals surface area (Å²) in [5.41, 5.74) is 0.361. The van der Waals surface area contributed by atoms with Gasteiger partial charge in [-0.15, -0.1) is 6.58 Å². The Kier molecular flexibility index (Phi) is 4.71. The molecule has 0 radical (unpaired) electrons. The minimum Gasteiger partial charge on any atom is -0.390 e. The van der Waals surface area contributed by atoms with Crippen molar-refractivity contribution < 1.29 is 9.84 Å². The van der Waals surface area contributed by atoms with Crippen LogP contribution in [-0.2, 0) is 11.3 Å². The van der Waals surface area contributed by atoms with E-state index >= 15 is 0 Å². The van der Waals surface area contributed by atoms with E-state index in [-0.39, 0.29) is 5.92 Å². The highest BCUT2D eigenvalue weighted by atomic mass is 16.5. The molecule has 0 saturated heterocycles. The van der Waals surface area contributed by atoms with Crippen molar-refractivity contribution in [3.05, 3.63) is 48.6 Å². The molecule has 0 amide bonds. The summed E-state index contributed by atoms with van der Waals surface area (Å²) in [6.45, 7) is 8.31.